The van der Waals surface area contributed by atoms with Crippen molar-refractivity contribution in [1.29, 1.82) is 0 Å². The summed E-state index contributed by atoms with van der Waals surface area (Å²) in [5.41, 5.74) is 2.71. The standard InChI is InChI=1S/C20H25N3O3S/c1-14-11-15(2)21-18(12-14)23-19(24)17(9-10-27-3)22-20(25)26-13-16-7-5-4-6-8-16/h4-8,11-12,17H,9-10,13H2,1-3H3,(H,22,25)(H,21,23,24)/t17-/m0/s1. The Morgan fingerprint density at radius 2 is 1.93 bits per heavy atom. The van der Waals surface area contributed by atoms with Gasteiger partial charge in [0.1, 0.15) is 18.5 Å². The molecule has 1 aromatic carbocycles. The van der Waals surface area contributed by atoms with E-state index in [-0.39, 0.29) is 12.5 Å². The third kappa shape index (κ3) is 7.30. The number of ether oxygens (including phenoxy) is 1. The Hall–Kier alpha value is -2.54. The van der Waals surface area contributed by atoms with Crippen LogP contribution in [0.4, 0.5) is 10.6 Å². The molecule has 0 aliphatic rings. The lowest BCUT2D eigenvalue weighted by Gasteiger charge is -2.18. The van der Waals surface area contributed by atoms with Crippen molar-refractivity contribution in [3.05, 3.63) is 59.3 Å². The molecule has 6 nitrogen and oxygen atoms in total. The largest absolute Gasteiger partial charge is 0.445 e. The lowest BCUT2D eigenvalue weighted by atomic mass is 10.2. The highest BCUT2D eigenvalue weighted by atomic mass is 32.2. The van der Waals surface area contributed by atoms with E-state index in [4.69, 9.17) is 4.74 Å². The first kappa shape index (κ1) is 20.8. The zero-order chi connectivity index (χ0) is 19.6. The quantitative estimate of drug-likeness (QED) is 0.722. The molecule has 2 rings (SSSR count). The van der Waals surface area contributed by atoms with Crippen LogP contribution in [0.5, 0.6) is 0 Å². The van der Waals surface area contributed by atoms with Crippen molar-refractivity contribution in [2.45, 2.75) is 32.9 Å². The van der Waals surface area contributed by atoms with Gasteiger partial charge in [-0.1, -0.05) is 30.3 Å². The highest BCUT2D eigenvalue weighted by Gasteiger charge is 2.22. The summed E-state index contributed by atoms with van der Waals surface area (Å²) in [7, 11) is 0. The number of rotatable bonds is 8. The average Bonchev–Trinajstić information content (AvgIpc) is 2.63. The number of nitrogens with zero attached hydrogens (tertiary/aromatic N) is 1. The Kier molecular flexibility index (Phi) is 8.13. The molecule has 0 radical (unpaired) electrons. The maximum atomic E-state index is 12.6. The van der Waals surface area contributed by atoms with E-state index in [1.54, 1.807) is 17.8 Å². The topological polar surface area (TPSA) is 80.3 Å². The third-order valence-corrected chi connectivity index (χ3v) is 4.42. The highest BCUT2D eigenvalue weighted by molar-refractivity contribution is 7.98. The first-order valence-electron chi connectivity index (χ1n) is 8.70. The zero-order valence-corrected chi connectivity index (χ0v) is 16.6. The number of benzene rings is 1. The van der Waals surface area contributed by atoms with Crippen LogP contribution in [0, 0.1) is 13.8 Å². The second-order valence-electron chi connectivity index (χ2n) is 6.20. The fourth-order valence-corrected chi connectivity index (χ4v) is 3.00. The maximum Gasteiger partial charge on any atom is 0.408 e. The number of aromatic nitrogens is 1. The molecule has 144 valence electrons. The van der Waals surface area contributed by atoms with Gasteiger partial charge in [-0.2, -0.15) is 11.8 Å². The van der Waals surface area contributed by atoms with Gasteiger partial charge in [0.15, 0.2) is 0 Å². The van der Waals surface area contributed by atoms with Crippen LogP contribution in [0.1, 0.15) is 23.2 Å². The molecular weight excluding hydrogens is 362 g/mol. The maximum absolute atomic E-state index is 12.6. The Labute approximate surface area is 164 Å². The Morgan fingerprint density at radius 1 is 1.19 bits per heavy atom. The van der Waals surface area contributed by atoms with Gasteiger partial charge in [0.2, 0.25) is 5.91 Å². The number of alkyl carbamates (subject to hydrolysis) is 1. The van der Waals surface area contributed by atoms with Crippen molar-refractivity contribution in [3.63, 3.8) is 0 Å². The van der Waals surface area contributed by atoms with Crippen molar-refractivity contribution in [2.75, 3.05) is 17.3 Å². The first-order valence-corrected chi connectivity index (χ1v) is 10.1. The van der Waals surface area contributed by atoms with E-state index in [9.17, 15) is 9.59 Å². The minimum Gasteiger partial charge on any atom is -0.445 e. The summed E-state index contributed by atoms with van der Waals surface area (Å²) in [5, 5.41) is 5.44. The van der Waals surface area contributed by atoms with Crippen molar-refractivity contribution < 1.29 is 14.3 Å². The summed E-state index contributed by atoms with van der Waals surface area (Å²) in [6.07, 6.45) is 1.83. The fraction of sp³-hybridized carbons (Fsp3) is 0.350. The Bertz CT molecular complexity index is 748. The summed E-state index contributed by atoms with van der Waals surface area (Å²) in [6, 6.07) is 12.4. The molecule has 1 aromatic heterocycles. The zero-order valence-electron chi connectivity index (χ0n) is 15.8. The van der Waals surface area contributed by atoms with E-state index in [0.717, 1.165) is 22.6 Å². The minimum atomic E-state index is -0.691. The number of hydrogen-bond donors (Lipinski definition) is 2. The summed E-state index contributed by atoms with van der Waals surface area (Å²) in [4.78, 5) is 29.1. The summed E-state index contributed by atoms with van der Waals surface area (Å²) in [6.45, 7) is 3.96. The molecule has 0 spiro atoms. The van der Waals surface area contributed by atoms with E-state index in [1.165, 1.54) is 0 Å². The number of carbonyl (C=O) groups is 2. The molecule has 2 N–H and O–H groups in total. The van der Waals surface area contributed by atoms with Crippen molar-refractivity contribution in [3.8, 4) is 0 Å². The molecule has 0 unspecified atom stereocenters. The van der Waals surface area contributed by atoms with Crippen LogP contribution in [0.25, 0.3) is 0 Å². The number of anilines is 1. The molecule has 1 heterocycles. The van der Waals surface area contributed by atoms with Crippen molar-refractivity contribution >= 4 is 29.6 Å². The number of hydrogen-bond acceptors (Lipinski definition) is 5. The molecule has 2 amide bonds. The van der Waals surface area contributed by atoms with Gasteiger partial charge in [0.25, 0.3) is 0 Å². The van der Waals surface area contributed by atoms with E-state index in [0.29, 0.717) is 12.2 Å². The van der Waals surface area contributed by atoms with Crippen LogP contribution >= 0.6 is 11.8 Å². The van der Waals surface area contributed by atoms with Gasteiger partial charge in [-0.25, -0.2) is 9.78 Å². The molecule has 0 saturated carbocycles. The number of pyridine rings is 1. The first-order chi connectivity index (χ1) is 13.0. The molecule has 27 heavy (non-hydrogen) atoms. The molecule has 0 saturated heterocycles. The number of amides is 2. The van der Waals surface area contributed by atoms with Crippen LogP contribution in [0.15, 0.2) is 42.5 Å². The van der Waals surface area contributed by atoms with Crippen LogP contribution in [-0.4, -0.2) is 35.0 Å². The Morgan fingerprint density at radius 3 is 2.59 bits per heavy atom. The van der Waals surface area contributed by atoms with Crippen molar-refractivity contribution in [1.82, 2.24) is 10.3 Å². The molecule has 0 fully saturated rings. The van der Waals surface area contributed by atoms with Crippen LogP contribution in [0.3, 0.4) is 0 Å². The molecule has 0 aliphatic carbocycles. The van der Waals surface area contributed by atoms with E-state index in [1.807, 2.05) is 56.5 Å². The third-order valence-electron chi connectivity index (χ3n) is 3.78. The molecule has 0 aliphatic heterocycles. The summed E-state index contributed by atoms with van der Waals surface area (Å²) >= 11 is 1.61. The molecule has 7 heteroatoms. The van der Waals surface area contributed by atoms with E-state index in [2.05, 4.69) is 15.6 Å². The normalized spacial score (nSPS) is 11.5. The molecule has 0 bridgehead atoms. The van der Waals surface area contributed by atoms with E-state index < -0.39 is 12.1 Å². The van der Waals surface area contributed by atoms with E-state index >= 15 is 0 Å². The number of carbonyl (C=O) groups excluding carboxylic acids is 2. The van der Waals surface area contributed by atoms with Gasteiger partial charge in [0, 0.05) is 5.69 Å². The van der Waals surface area contributed by atoms with Gasteiger partial charge in [-0.05, 0) is 55.5 Å². The molecule has 1 atom stereocenters. The molecule has 2 aromatic rings. The SMILES string of the molecule is CSCC[C@H](NC(=O)OCc1ccccc1)C(=O)Nc1cc(C)cc(C)n1. The second kappa shape index (κ2) is 10.6. The fourth-order valence-electron chi connectivity index (χ4n) is 2.53. The second-order valence-corrected chi connectivity index (χ2v) is 7.19. The minimum absolute atomic E-state index is 0.155. The lowest BCUT2D eigenvalue weighted by Crippen LogP contribution is -2.44. The average molecular weight is 388 g/mol. The number of thioether (sulfide) groups is 1. The predicted octanol–water partition coefficient (Wildman–Crippen LogP) is 3.69. The van der Waals surface area contributed by atoms with Gasteiger partial charge in [-0.3, -0.25) is 4.79 Å². The highest BCUT2D eigenvalue weighted by Crippen LogP contribution is 2.11. The lowest BCUT2D eigenvalue weighted by molar-refractivity contribution is -0.118. The van der Waals surface area contributed by atoms with Crippen LogP contribution in [-0.2, 0) is 16.1 Å². The monoisotopic (exact) mass is 387 g/mol. The van der Waals surface area contributed by atoms with Gasteiger partial charge < -0.3 is 15.4 Å². The smallest absolute Gasteiger partial charge is 0.408 e. The molecular formula is C20H25N3O3S. The van der Waals surface area contributed by atoms with Crippen LogP contribution in [0.2, 0.25) is 0 Å². The summed E-state index contributed by atoms with van der Waals surface area (Å²) in [5.74, 6) is 0.904. The van der Waals surface area contributed by atoms with Gasteiger partial charge in [-0.15, -0.1) is 0 Å². The van der Waals surface area contributed by atoms with Gasteiger partial charge in [0.05, 0.1) is 0 Å². The number of nitrogens with one attached hydrogen (secondary N) is 2. The van der Waals surface area contributed by atoms with Crippen molar-refractivity contribution in [2.24, 2.45) is 0 Å². The number of aryl methyl sites for hydroxylation is 2. The Balaban J connectivity index is 1.96. The van der Waals surface area contributed by atoms with Gasteiger partial charge >= 0.3 is 6.09 Å². The van der Waals surface area contributed by atoms with Crippen LogP contribution < -0.4 is 10.6 Å². The predicted molar refractivity (Wildman–Crippen MR) is 109 cm³/mol. The summed E-state index contributed by atoms with van der Waals surface area (Å²) < 4.78 is 5.22.